The predicted molar refractivity (Wildman–Crippen MR) is 295 cm³/mol. The molecule has 0 saturated carbocycles. The van der Waals surface area contributed by atoms with Gasteiger partial charge in [-0.15, -0.1) is 10.2 Å². The fourth-order valence-electron chi connectivity index (χ4n) is 8.74. The number of fused-ring (bicyclic) bond motifs is 2. The van der Waals surface area contributed by atoms with Crippen LogP contribution in [0.25, 0.3) is 21.5 Å². The molecule has 0 heterocycles. The third kappa shape index (κ3) is 11.1. The Labute approximate surface area is 436 Å². The van der Waals surface area contributed by atoms with Gasteiger partial charge in [-0.05, 0) is 108 Å². The zero-order valence-corrected chi connectivity index (χ0v) is 41.7. The van der Waals surface area contributed by atoms with Gasteiger partial charge in [0.25, 0.3) is 23.6 Å². The molecule has 9 aromatic rings. The van der Waals surface area contributed by atoms with Crippen LogP contribution < -0.4 is 30.7 Å². The Kier molecular flexibility index (Phi) is 15.1. The number of phenols is 2. The molecule has 76 heavy (non-hydrogen) atoms. The van der Waals surface area contributed by atoms with Crippen molar-refractivity contribution >= 4 is 90.7 Å². The molecule has 0 unspecified atom stereocenters. The van der Waals surface area contributed by atoms with E-state index in [0.29, 0.717) is 68.6 Å². The number of phenolic OH excluding ortho intramolecular Hbond substituents is 2. The van der Waals surface area contributed by atoms with E-state index in [-0.39, 0.29) is 45.0 Å². The van der Waals surface area contributed by atoms with E-state index in [9.17, 15) is 29.4 Å². The first-order valence-electron chi connectivity index (χ1n) is 24.2. The average Bonchev–Trinajstić information content (AvgIpc) is 3.44. The molecule has 0 saturated heterocycles. The standard InChI is InChI=1S/C60H50N8O8/c1-5-45-46(6-2)52(64-60(74)50-32-36-18-14-16-24-48(36)54(56(50)70)68-66-42-28-38(30-44(34-42)76-4)58(72)62-40-21-11-8-12-22-40)26-25-51(45)63-59(73)49-31-35-17-13-15-23-47(35)53(55(49)69)67-65-41-27-37(29-43(33-41)75-3)57(71)61-39-19-9-7-10-20-39/h7-34,69-70H,5-6H2,1-4H3,(H,61,71)(H,62,72)(H,63,73)(H,64,74). The van der Waals surface area contributed by atoms with Crippen molar-refractivity contribution in [3.8, 4) is 23.0 Å². The van der Waals surface area contributed by atoms with Crippen LogP contribution in [0.4, 0.5) is 45.5 Å². The smallest absolute Gasteiger partial charge is 0.259 e. The first-order valence-corrected chi connectivity index (χ1v) is 24.2. The van der Waals surface area contributed by atoms with Crippen LogP contribution in [0.1, 0.15) is 66.4 Å². The molecule has 9 rings (SSSR count). The molecule has 9 aromatic carbocycles. The molecule has 0 spiro atoms. The minimum absolute atomic E-state index is 0.0314. The SMILES string of the molecule is CCc1c(NC(=O)c2cc3ccccc3c(N=Nc3cc(OC)cc(C(=O)Nc4ccccc4)c3)c2O)ccc(NC(=O)c2cc3ccccc3c(N=Nc3cc(OC)cc(C(=O)Nc4ccccc4)c3)c2O)c1CC. The number of aromatic hydroxyl groups is 2. The summed E-state index contributed by atoms with van der Waals surface area (Å²) in [6, 6.07) is 48.1. The number of nitrogens with one attached hydrogen (secondary N) is 4. The van der Waals surface area contributed by atoms with E-state index in [1.807, 2.05) is 50.2 Å². The average molecular weight is 1010 g/mol. The van der Waals surface area contributed by atoms with Crippen molar-refractivity contribution in [1.82, 2.24) is 0 Å². The van der Waals surface area contributed by atoms with Gasteiger partial charge in [-0.3, -0.25) is 19.2 Å². The summed E-state index contributed by atoms with van der Waals surface area (Å²) >= 11 is 0. The van der Waals surface area contributed by atoms with E-state index < -0.39 is 35.1 Å². The molecular weight excluding hydrogens is 961 g/mol. The quantitative estimate of drug-likeness (QED) is 0.0509. The molecule has 0 aliphatic heterocycles. The Morgan fingerprint density at radius 2 is 0.816 bits per heavy atom. The number of ether oxygens (including phenoxy) is 2. The van der Waals surface area contributed by atoms with Crippen LogP contribution in [0.3, 0.4) is 0 Å². The monoisotopic (exact) mass is 1010 g/mol. The fraction of sp³-hybridized carbons (Fsp3) is 0.100. The van der Waals surface area contributed by atoms with Crippen LogP contribution in [-0.4, -0.2) is 48.1 Å². The fourth-order valence-corrected chi connectivity index (χ4v) is 8.74. The number of para-hydroxylation sites is 2. The maximum absolute atomic E-state index is 14.3. The van der Waals surface area contributed by atoms with Gasteiger partial charge in [0.1, 0.15) is 22.9 Å². The number of benzene rings is 9. The van der Waals surface area contributed by atoms with Crippen molar-refractivity contribution in [1.29, 1.82) is 0 Å². The number of rotatable bonds is 16. The number of hydrogen-bond donors (Lipinski definition) is 6. The Balaban J connectivity index is 0.981. The van der Waals surface area contributed by atoms with Gasteiger partial charge in [-0.2, -0.15) is 10.2 Å². The Hall–Kier alpha value is -10.2. The van der Waals surface area contributed by atoms with Crippen molar-refractivity contribution in [3.63, 3.8) is 0 Å². The molecule has 0 aliphatic rings. The number of anilines is 4. The number of hydrogen-bond acceptors (Lipinski definition) is 12. The van der Waals surface area contributed by atoms with E-state index in [2.05, 4.69) is 41.7 Å². The molecule has 0 aliphatic carbocycles. The molecule has 0 aromatic heterocycles. The van der Waals surface area contributed by atoms with Gasteiger partial charge < -0.3 is 41.0 Å². The highest BCUT2D eigenvalue weighted by Gasteiger charge is 2.24. The highest BCUT2D eigenvalue weighted by atomic mass is 16.5. The third-order valence-corrected chi connectivity index (χ3v) is 12.5. The first kappa shape index (κ1) is 50.7. The van der Waals surface area contributed by atoms with Gasteiger partial charge >= 0.3 is 0 Å². The van der Waals surface area contributed by atoms with Crippen LogP contribution in [0.15, 0.2) is 190 Å². The van der Waals surface area contributed by atoms with E-state index in [1.54, 1.807) is 121 Å². The summed E-state index contributed by atoms with van der Waals surface area (Å²) in [5, 5.41) is 55.2. The number of amides is 4. The maximum Gasteiger partial charge on any atom is 0.259 e. The molecule has 4 amide bonds. The van der Waals surface area contributed by atoms with Crippen LogP contribution in [0.2, 0.25) is 0 Å². The van der Waals surface area contributed by atoms with Crippen LogP contribution in [0, 0.1) is 0 Å². The molecule has 0 atom stereocenters. The lowest BCUT2D eigenvalue weighted by atomic mass is 9.97. The summed E-state index contributed by atoms with van der Waals surface area (Å²) in [6.07, 6.45) is 0.895. The normalized spacial score (nSPS) is 11.2. The van der Waals surface area contributed by atoms with Gasteiger partial charge in [0, 0.05) is 56.8 Å². The van der Waals surface area contributed by atoms with E-state index in [0.717, 1.165) is 11.1 Å². The number of methoxy groups -OCH3 is 2. The highest BCUT2D eigenvalue weighted by Crippen LogP contribution is 2.42. The molecule has 0 radical (unpaired) electrons. The Bertz CT molecular complexity index is 3530. The summed E-state index contributed by atoms with van der Waals surface area (Å²) < 4.78 is 10.9. The molecule has 6 N–H and O–H groups in total. The second-order valence-electron chi connectivity index (χ2n) is 17.3. The minimum Gasteiger partial charge on any atom is -0.505 e. The number of carbonyl (C=O) groups is 4. The number of azo groups is 2. The summed E-state index contributed by atoms with van der Waals surface area (Å²) in [5.74, 6) is -2.17. The summed E-state index contributed by atoms with van der Waals surface area (Å²) in [6.45, 7) is 3.84. The van der Waals surface area contributed by atoms with Crippen molar-refractivity contribution in [2.24, 2.45) is 20.5 Å². The van der Waals surface area contributed by atoms with Crippen LogP contribution >= 0.6 is 0 Å². The summed E-state index contributed by atoms with van der Waals surface area (Å²) in [7, 11) is 2.94. The van der Waals surface area contributed by atoms with Crippen molar-refractivity contribution < 1.29 is 38.9 Å². The topological polar surface area (TPSA) is 225 Å². The lowest BCUT2D eigenvalue weighted by Gasteiger charge is -2.19. The zero-order valence-electron chi connectivity index (χ0n) is 41.7. The Morgan fingerprint density at radius 3 is 1.20 bits per heavy atom. The van der Waals surface area contributed by atoms with Gasteiger partial charge in [0.05, 0.1) is 36.7 Å². The van der Waals surface area contributed by atoms with E-state index in [1.165, 1.54) is 26.4 Å². The summed E-state index contributed by atoms with van der Waals surface area (Å²) in [4.78, 5) is 55.1. The highest BCUT2D eigenvalue weighted by molar-refractivity contribution is 6.14. The molecule has 16 heteroatoms. The van der Waals surface area contributed by atoms with E-state index >= 15 is 0 Å². The minimum atomic E-state index is -0.627. The number of nitrogens with zero attached hydrogens (tertiary/aromatic N) is 4. The van der Waals surface area contributed by atoms with Gasteiger partial charge in [0.15, 0.2) is 11.5 Å². The molecule has 0 bridgehead atoms. The maximum atomic E-state index is 14.3. The Morgan fingerprint density at radius 1 is 0.434 bits per heavy atom. The molecule has 16 nitrogen and oxygen atoms in total. The van der Waals surface area contributed by atoms with Gasteiger partial charge in [-0.25, -0.2) is 0 Å². The molecule has 0 fully saturated rings. The molecular formula is C60H50N8O8. The van der Waals surface area contributed by atoms with Gasteiger partial charge in [-0.1, -0.05) is 98.8 Å². The number of carbonyl (C=O) groups excluding carboxylic acids is 4. The van der Waals surface area contributed by atoms with Crippen LogP contribution in [-0.2, 0) is 12.8 Å². The van der Waals surface area contributed by atoms with Crippen LogP contribution in [0.5, 0.6) is 23.0 Å². The summed E-state index contributed by atoms with van der Waals surface area (Å²) in [5.41, 5.74) is 4.53. The first-order chi connectivity index (χ1) is 36.9. The second kappa shape index (κ2) is 22.7. The zero-order chi connectivity index (χ0) is 53.3. The van der Waals surface area contributed by atoms with Crippen molar-refractivity contribution in [3.05, 3.63) is 203 Å². The van der Waals surface area contributed by atoms with Crippen molar-refractivity contribution in [2.75, 3.05) is 35.5 Å². The lowest BCUT2D eigenvalue weighted by Crippen LogP contribution is -2.17. The predicted octanol–water partition coefficient (Wildman–Crippen LogP) is 14.4. The third-order valence-electron chi connectivity index (χ3n) is 12.5. The van der Waals surface area contributed by atoms with E-state index in [4.69, 9.17) is 9.47 Å². The second-order valence-corrected chi connectivity index (χ2v) is 17.3. The van der Waals surface area contributed by atoms with Crippen molar-refractivity contribution in [2.45, 2.75) is 26.7 Å². The lowest BCUT2D eigenvalue weighted by molar-refractivity contribution is 0.101. The van der Waals surface area contributed by atoms with Gasteiger partial charge in [0.2, 0.25) is 0 Å². The largest absolute Gasteiger partial charge is 0.505 e. The molecule has 378 valence electrons.